The third-order valence-electron chi connectivity index (χ3n) is 11.4. The Morgan fingerprint density at radius 2 is 1.76 bits per heavy atom. The highest BCUT2D eigenvalue weighted by Gasteiger charge is 2.64. The number of allylic oxidation sites excluding steroid dienone is 2. The van der Waals surface area contributed by atoms with Gasteiger partial charge in [-0.1, -0.05) is 46.6 Å². The van der Waals surface area contributed by atoms with Gasteiger partial charge in [-0.25, -0.2) is 0 Å². The number of hydrogen-bond donors (Lipinski definition) is 1. The highest BCUT2D eigenvalue weighted by Crippen LogP contribution is 2.68. The number of aliphatic hydroxyl groups is 1. The molecule has 4 saturated carbocycles. The van der Waals surface area contributed by atoms with E-state index < -0.39 is 0 Å². The van der Waals surface area contributed by atoms with Crippen molar-refractivity contribution in [3.8, 4) is 0 Å². The SMILES string of the molecule is CC=C1C(=O)[C@@H]2[C@H](CC[C@]3(C)[C@@H]([C@H](C)CCCC(C)C(=O)OC)CC[C@@H]23)[C@@]2(C)CC[C@@H](O)C[C@@H]12. The van der Waals surface area contributed by atoms with Gasteiger partial charge in [0.05, 0.1) is 19.1 Å². The lowest BCUT2D eigenvalue weighted by Gasteiger charge is -2.61. The predicted octanol–water partition coefficient (Wildman–Crippen LogP) is 6.36. The minimum atomic E-state index is -0.259. The van der Waals surface area contributed by atoms with Crippen molar-refractivity contribution < 1.29 is 19.4 Å². The third-order valence-corrected chi connectivity index (χ3v) is 11.4. The molecule has 0 spiro atoms. The molecule has 4 aliphatic rings. The molecule has 4 nitrogen and oxygen atoms in total. The van der Waals surface area contributed by atoms with Crippen LogP contribution in [0.4, 0.5) is 0 Å². The van der Waals surface area contributed by atoms with Gasteiger partial charge < -0.3 is 9.84 Å². The first-order chi connectivity index (χ1) is 16.1. The number of carbonyl (C=O) groups is 2. The summed E-state index contributed by atoms with van der Waals surface area (Å²) in [6, 6.07) is 0. The monoisotopic (exact) mass is 472 g/mol. The van der Waals surface area contributed by atoms with Gasteiger partial charge in [-0.3, -0.25) is 9.59 Å². The van der Waals surface area contributed by atoms with Crippen LogP contribution in [-0.2, 0) is 14.3 Å². The topological polar surface area (TPSA) is 63.6 Å². The summed E-state index contributed by atoms with van der Waals surface area (Å²) in [5, 5.41) is 10.4. The van der Waals surface area contributed by atoms with E-state index >= 15 is 0 Å². The molecule has 0 aliphatic heterocycles. The van der Waals surface area contributed by atoms with E-state index in [1.54, 1.807) is 0 Å². The van der Waals surface area contributed by atoms with Crippen LogP contribution in [0.15, 0.2) is 11.6 Å². The number of methoxy groups -OCH3 is 1. The number of hydrogen-bond acceptors (Lipinski definition) is 4. The summed E-state index contributed by atoms with van der Waals surface area (Å²) in [7, 11) is 1.47. The van der Waals surface area contributed by atoms with Crippen LogP contribution in [0.3, 0.4) is 0 Å². The highest BCUT2D eigenvalue weighted by molar-refractivity contribution is 5.99. The van der Waals surface area contributed by atoms with Gasteiger partial charge >= 0.3 is 5.97 Å². The van der Waals surface area contributed by atoms with E-state index in [2.05, 4.69) is 26.8 Å². The fraction of sp³-hybridized carbons (Fsp3) is 0.867. The van der Waals surface area contributed by atoms with Crippen molar-refractivity contribution in [2.24, 2.45) is 52.3 Å². The maximum absolute atomic E-state index is 14.0. The summed E-state index contributed by atoms with van der Waals surface area (Å²) in [5.41, 5.74) is 1.41. The number of ketones is 1. The van der Waals surface area contributed by atoms with Crippen molar-refractivity contribution in [1.29, 1.82) is 0 Å². The molecule has 0 aromatic heterocycles. The lowest BCUT2D eigenvalue weighted by Crippen LogP contribution is -2.58. The minimum Gasteiger partial charge on any atom is -0.469 e. The van der Waals surface area contributed by atoms with E-state index in [0.29, 0.717) is 29.5 Å². The predicted molar refractivity (Wildman–Crippen MR) is 135 cm³/mol. The number of aliphatic hydroxyl groups excluding tert-OH is 1. The standard InChI is InChI=1S/C30H48O4/c1-7-21-25-17-20(31)13-15-30(25,5)24-14-16-29(4)22(11-12-23(29)26(24)27(21)32)18(2)9-8-10-19(3)28(33)34-6/h7,18-20,22-26,31H,8-17H2,1-6H3/t18-,19?,20-,22-,23+,24+,25+,26+,29-,30-/m1/s1. The normalized spacial score (nSPS) is 44.7. The highest BCUT2D eigenvalue weighted by atomic mass is 16.5. The molecule has 1 N–H and O–H groups in total. The summed E-state index contributed by atoms with van der Waals surface area (Å²) in [6.45, 7) is 11.4. The van der Waals surface area contributed by atoms with E-state index in [0.717, 1.165) is 50.5 Å². The molecular weight excluding hydrogens is 424 g/mol. The van der Waals surface area contributed by atoms with Gasteiger partial charge in [0.15, 0.2) is 5.78 Å². The molecular formula is C30H48O4. The average molecular weight is 473 g/mol. The first kappa shape index (κ1) is 25.9. The van der Waals surface area contributed by atoms with Gasteiger partial charge in [-0.05, 0) is 104 Å². The van der Waals surface area contributed by atoms with E-state index in [1.807, 2.05) is 13.8 Å². The van der Waals surface area contributed by atoms with Crippen LogP contribution in [0.2, 0.25) is 0 Å². The van der Waals surface area contributed by atoms with Crippen molar-refractivity contribution in [3.63, 3.8) is 0 Å². The van der Waals surface area contributed by atoms with Crippen LogP contribution in [0.1, 0.15) is 98.8 Å². The molecule has 0 bridgehead atoms. The second-order valence-electron chi connectivity index (χ2n) is 12.9. The van der Waals surface area contributed by atoms with E-state index in [-0.39, 0.29) is 40.7 Å². The van der Waals surface area contributed by atoms with Crippen molar-refractivity contribution in [2.75, 3.05) is 7.11 Å². The third kappa shape index (κ3) is 4.10. The smallest absolute Gasteiger partial charge is 0.308 e. The van der Waals surface area contributed by atoms with Gasteiger partial charge in [0, 0.05) is 5.92 Å². The number of rotatable bonds is 6. The fourth-order valence-corrected chi connectivity index (χ4v) is 9.43. The first-order valence-electron chi connectivity index (χ1n) is 14.0. The number of fused-ring (bicyclic) bond motifs is 5. The van der Waals surface area contributed by atoms with Gasteiger partial charge in [0.2, 0.25) is 0 Å². The number of ether oxygens (including phenoxy) is 1. The second-order valence-corrected chi connectivity index (χ2v) is 12.9. The van der Waals surface area contributed by atoms with Crippen LogP contribution in [0, 0.1) is 52.3 Å². The quantitative estimate of drug-likeness (QED) is 0.361. The van der Waals surface area contributed by atoms with Crippen LogP contribution < -0.4 is 0 Å². The molecule has 4 heteroatoms. The molecule has 4 rings (SSSR count). The molecule has 0 radical (unpaired) electrons. The van der Waals surface area contributed by atoms with Gasteiger partial charge in [-0.2, -0.15) is 0 Å². The molecule has 4 fully saturated rings. The number of carbonyl (C=O) groups excluding carboxylic acids is 2. The molecule has 0 heterocycles. The second kappa shape index (κ2) is 9.71. The minimum absolute atomic E-state index is 0.0265. The van der Waals surface area contributed by atoms with E-state index in [4.69, 9.17) is 4.74 Å². The average Bonchev–Trinajstić information content (AvgIpc) is 3.17. The van der Waals surface area contributed by atoms with Crippen molar-refractivity contribution in [3.05, 3.63) is 11.6 Å². The van der Waals surface area contributed by atoms with E-state index in [9.17, 15) is 14.7 Å². The summed E-state index contributed by atoms with van der Waals surface area (Å²) in [5.74, 6) is 2.91. The van der Waals surface area contributed by atoms with E-state index in [1.165, 1.54) is 26.4 Å². The van der Waals surface area contributed by atoms with Gasteiger partial charge in [-0.15, -0.1) is 0 Å². The number of esters is 1. The molecule has 0 aromatic carbocycles. The largest absolute Gasteiger partial charge is 0.469 e. The maximum Gasteiger partial charge on any atom is 0.308 e. The molecule has 0 amide bonds. The van der Waals surface area contributed by atoms with Crippen molar-refractivity contribution in [1.82, 2.24) is 0 Å². The number of Topliss-reactive ketones (excluding diaryl/α,β-unsaturated/α-hetero) is 1. The van der Waals surface area contributed by atoms with Crippen molar-refractivity contribution in [2.45, 2.75) is 105 Å². The Labute approximate surface area is 207 Å². The molecule has 10 atom stereocenters. The Morgan fingerprint density at radius 1 is 1.09 bits per heavy atom. The lowest BCUT2D eigenvalue weighted by molar-refractivity contribution is -0.150. The van der Waals surface area contributed by atoms with Gasteiger partial charge in [0.25, 0.3) is 0 Å². The zero-order valence-corrected chi connectivity index (χ0v) is 22.4. The van der Waals surface area contributed by atoms with Crippen LogP contribution >= 0.6 is 0 Å². The first-order valence-corrected chi connectivity index (χ1v) is 14.0. The summed E-state index contributed by atoms with van der Waals surface area (Å²) in [4.78, 5) is 25.8. The Hall–Kier alpha value is -1.16. The Bertz CT molecular complexity index is 817. The Morgan fingerprint density at radius 3 is 2.44 bits per heavy atom. The Balaban J connectivity index is 1.51. The molecule has 0 saturated heterocycles. The van der Waals surface area contributed by atoms with Gasteiger partial charge in [0.1, 0.15) is 0 Å². The Kier molecular flexibility index (Phi) is 7.40. The zero-order valence-electron chi connectivity index (χ0n) is 22.4. The maximum atomic E-state index is 14.0. The molecule has 4 aliphatic carbocycles. The molecule has 0 aromatic rings. The zero-order chi connectivity index (χ0) is 24.8. The van der Waals surface area contributed by atoms with Crippen molar-refractivity contribution >= 4 is 11.8 Å². The van der Waals surface area contributed by atoms with Crippen LogP contribution in [-0.4, -0.2) is 30.1 Å². The molecule has 34 heavy (non-hydrogen) atoms. The summed E-state index contributed by atoms with van der Waals surface area (Å²) in [6.07, 6.45) is 12.4. The molecule has 192 valence electrons. The lowest BCUT2D eigenvalue weighted by atomic mass is 9.43. The summed E-state index contributed by atoms with van der Waals surface area (Å²) >= 11 is 0. The van der Waals surface area contributed by atoms with Crippen LogP contribution in [0.5, 0.6) is 0 Å². The molecule has 1 unspecified atom stereocenters. The van der Waals surface area contributed by atoms with Crippen LogP contribution in [0.25, 0.3) is 0 Å². The fourth-order valence-electron chi connectivity index (χ4n) is 9.43. The summed E-state index contributed by atoms with van der Waals surface area (Å²) < 4.78 is 4.90.